The van der Waals surface area contributed by atoms with Crippen molar-refractivity contribution in [1.82, 2.24) is 14.1 Å². The van der Waals surface area contributed by atoms with Crippen LogP contribution in [0.25, 0.3) is 22.2 Å². The molecule has 1 aromatic carbocycles. The zero-order valence-corrected chi connectivity index (χ0v) is 20.8. The Balaban J connectivity index is 1.54. The zero-order valence-electron chi connectivity index (χ0n) is 20.8. The molecule has 1 saturated heterocycles. The number of amides is 1. The van der Waals surface area contributed by atoms with Crippen molar-refractivity contribution in [2.24, 2.45) is 12.8 Å². The van der Waals surface area contributed by atoms with Crippen molar-refractivity contribution in [2.45, 2.75) is 57.9 Å². The second-order valence-electron chi connectivity index (χ2n) is 9.43. The van der Waals surface area contributed by atoms with Crippen molar-refractivity contribution in [3.05, 3.63) is 52.2 Å². The maximum absolute atomic E-state index is 12.2. The summed E-state index contributed by atoms with van der Waals surface area (Å²) in [5.41, 5.74) is 10.1. The Morgan fingerprint density at radius 1 is 1.14 bits per heavy atom. The molecule has 35 heavy (non-hydrogen) atoms. The molecule has 188 valence electrons. The predicted molar refractivity (Wildman–Crippen MR) is 136 cm³/mol. The van der Waals surface area contributed by atoms with Crippen LogP contribution < -0.4 is 11.3 Å². The van der Waals surface area contributed by atoms with Gasteiger partial charge in [-0.2, -0.15) is 0 Å². The number of hydrogen-bond donors (Lipinski definition) is 1. The van der Waals surface area contributed by atoms with Crippen molar-refractivity contribution in [3.63, 3.8) is 0 Å². The van der Waals surface area contributed by atoms with Gasteiger partial charge in [0.25, 0.3) is 5.56 Å². The fourth-order valence-corrected chi connectivity index (χ4v) is 4.80. The number of nitrogens with two attached hydrogens (primary N) is 1. The first-order valence-corrected chi connectivity index (χ1v) is 12.6. The van der Waals surface area contributed by atoms with E-state index in [0.717, 1.165) is 85.4 Å². The first kappa shape index (κ1) is 25.1. The van der Waals surface area contributed by atoms with Gasteiger partial charge in [-0.3, -0.25) is 9.59 Å². The van der Waals surface area contributed by atoms with Crippen LogP contribution in [-0.2, 0) is 27.9 Å². The topological polar surface area (TPSA) is 101 Å². The van der Waals surface area contributed by atoms with Gasteiger partial charge in [0.05, 0.1) is 17.6 Å². The molecule has 0 spiro atoms. The fourth-order valence-electron chi connectivity index (χ4n) is 4.80. The van der Waals surface area contributed by atoms with Crippen molar-refractivity contribution < 1.29 is 14.3 Å². The molecule has 1 aliphatic rings. The number of aromatic nitrogens is 3. The molecule has 0 saturated carbocycles. The number of aryl methyl sites for hydroxylation is 2. The van der Waals surface area contributed by atoms with Crippen LogP contribution in [0.4, 0.5) is 0 Å². The second kappa shape index (κ2) is 11.6. The number of fused-ring (bicyclic) bond motifs is 1. The summed E-state index contributed by atoms with van der Waals surface area (Å²) < 4.78 is 15.5. The third-order valence-corrected chi connectivity index (χ3v) is 6.73. The third kappa shape index (κ3) is 6.18. The number of imidazole rings is 1. The molecule has 2 N–H and O–H groups in total. The molecule has 1 aliphatic heterocycles. The molecule has 8 heteroatoms. The highest BCUT2D eigenvalue weighted by molar-refractivity contribution is 5.83. The van der Waals surface area contributed by atoms with Crippen LogP contribution in [0.5, 0.6) is 0 Å². The zero-order chi connectivity index (χ0) is 24.8. The lowest BCUT2D eigenvalue weighted by atomic mass is 9.99. The van der Waals surface area contributed by atoms with Crippen LogP contribution >= 0.6 is 0 Å². The number of rotatable bonds is 11. The summed E-state index contributed by atoms with van der Waals surface area (Å²) in [6.07, 6.45) is 6.93. The molecular formula is C27H36N4O4. The van der Waals surface area contributed by atoms with Gasteiger partial charge in [0.1, 0.15) is 5.82 Å². The molecule has 1 amide bonds. The van der Waals surface area contributed by atoms with E-state index in [0.29, 0.717) is 25.6 Å². The Hall–Kier alpha value is -2.97. The minimum Gasteiger partial charge on any atom is -0.381 e. The van der Waals surface area contributed by atoms with E-state index in [1.807, 2.05) is 19.2 Å². The number of benzene rings is 1. The number of hydrogen-bond acceptors (Lipinski definition) is 5. The standard InChI is InChI=1S/C27H36N4O4/c1-19-16-22(18-30(2)27(19)33)21-7-8-23-24(17-21)31(26(29-23)20-9-13-35-14-10-20)11-15-34-12-5-3-4-6-25(28)32/h7-8,16-18,20H,3-6,9-15H2,1-2H3,(H2,28,32). The summed E-state index contributed by atoms with van der Waals surface area (Å²) in [5.74, 6) is 1.22. The summed E-state index contributed by atoms with van der Waals surface area (Å²) in [6, 6.07) is 8.28. The molecule has 0 radical (unpaired) electrons. The van der Waals surface area contributed by atoms with E-state index in [1.165, 1.54) is 0 Å². The van der Waals surface area contributed by atoms with E-state index in [4.69, 9.17) is 20.2 Å². The number of unbranched alkanes of at least 4 members (excludes halogenated alkanes) is 2. The van der Waals surface area contributed by atoms with E-state index < -0.39 is 0 Å². The van der Waals surface area contributed by atoms with Gasteiger partial charge in [0.15, 0.2) is 0 Å². The molecule has 1 fully saturated rings. The van der Waals surface area contributed by atoms with Crippen LogP contribution in [0.2, 0.25) is 0 Å². The van der Waals surface area contributed by atoms with E-state index in [1.54, 1.807) is 11.6 Å². The van der Waals surface area contributed by atoms with Crippen LogP contribution in [0.3, 0.4) is 0 Å². The highest BCUT2D eigenvalue weighted by Gasteiger charge is 2.23. The summed E-state index contributed by atoms with van der Waals surface area (Å²) in [4.78, 5) is 28.0. The van der Waals surface area contributed by atoms with Crippen molar-refractivity contribution >= 4 is 16.9 Å². The number of ether oxygens (including phenoxy) is 2. The lowest BCUT2D eigenvalue weighted by Crippen LogP contribution is -2.19. The number of pyridine rings is 1. The number of primary amides is 1. The Bertz CT molecular complexity index is 1200. The number of nitrogens with zero attached hydrogens (tertiary/aromatic N) is 3. The van der Waals surface area contributed by atoms with Gasteiger partial charge in [-0.1, -0.05) is 12.5 Å². The highest BCUT2D eigenvalue weighted by atomic mass is 16.5. The first-order valence-electron chi connectivity index (χ1n) is 12.6. The summed E-state index contributed by atoms with van der Waals surface area (Å²) in [5, 5.41) is 0. The molecule has 4 rings (SSSR count). The largest absolute Gasteiger partial charge is 0.381 e. The quantitative estimate of drug-likeness (QED) is 0.422. The summed E-state index contributed by atoms with van der Waals surface area (Å²) in [7, 11) is 1.79. The van der Waals surface area contributed by atoms with E-state index in [9.17, 15) is 9.59 Å². The third-order valence-electron chi connectivity index (χ3n) is 6.73. The molecule has 0 aliphatic carbocycles. The predicted octanol–water partition coefficient (Wildman–Crippen LogP) is 3.67. The Labute approximate surface area is 206 Å². The van der Waals surface area contributed by atoms with Crippen LogP contribution in [0, 0.1) is 6.92 Å². The van der Waals surface area contributed by atoms with Gasteiger partial charge in [-0.15, -0.1) is 0 Å². The van der Waals surface area contributed by atoms with Gasteiger partial charge in [0.2, 0.25) is 5.91 Å². The Morgan fingerprint density at radius 3 is 2.69 bits per heavy atom. The summed E-state index contributed by atoms with van der Waals surface area (Å²) in [6.45, 7) is 5.36. The van der Waals surface area contributed by atoms with Crippen LogP contribution in [0.15, 0.2) is 35.3 Å². The molecule has 3 heterocycles. The van der Waals surface area contributed by atoms with Gasteiger partial charge in [0, 0.05) is 57.5 Å². The molecule has 0 bridgehead atoms. The van der Waals surface area contributed by atoms with Crippen molar-refractivity contribution in [3.8, 4) is 11.1 Å². The Morgan fingerprint density at radius 2 is 1.94 bits per heavy atom. The fraction of sp³-hybridized carbons (Fsp3) is 0.519. The minimum absolute atomic E-state index is 0.0217. The van der Waals surface area contributed by atoms with Crippen LogP contribution in [0.1, 0.15) is 55.8 Å². The van der Waals surface area contributed by atoms with Gasteiger partial charge < -0.3 is 24.3 Å². The SMILES string of the molecule is Cc1cc(-c2ccc3nc(C4CCOCC4)n(CCOCCCCCC(N)=O)c3c2)cn(C)c1=O. The Kier molecular flexibility index (Phi) is 8.36. The van der Waals surface area contributed by atoms with Crippen LogP contribution in [-0.4, -0.2) is 46.5 Å². The van der Waals surface area contributed by atoms with Gasteiger partial charge in [-0.05, 0) is 61.9 Å². The average molecular weight is 481 g/mol. The second-order valence-corrected chi connectivity index (χ2v) is 9.43. The molecule has 0 unspecified atom stereocenters. The normalized spacial score (nSPS) is 14.6. The molecule has 0 atom stereocenters. The number of carbonyl (C=O) groups is 1. The monoisotopic (exact) mass is 480 g/mol. The molecule has 2 aromatic heterocycles. The lowest BCUT2D eigenvalue weighted by molar-refractivity contribution is -0.118. The van der Waals surface area contributed by atoms with Gasteiger partial charge in [-0.25, -0.2) is 4.98 Å². The van der Waals surface area contributed by atoms with Crippen molar-refractivity contribution in [2.75, 3.05) is 26.4 Å². The molecule has 8 nitrogen and oxygen atoms in total. The highest BCUT2D eigenvalue weighted by Crippen LogP contribution is 2.31. The molecule has 3 aromatic rings. The van der Waals surface area contributed by atoms with Gasteiger partial charge >= 0.3 is 0 Å². The minimum atomic E-state index is -0.245. The molecular weight excluding hydrogens is 444 g/mol. The van der Waals surface area contributed by atoms with E-state index in [2.05, 4.69) is 22.8 Å². The van der Waals surface area contributed by atoms with E-state index >= 15 is 0 Å². The lowest BCUT2D eigenvalue weighted by Gasteiger charge is -2.22. The van der Waals surface area contributed by atoms with Crippen molar-refractivity contribution in [1.29, 1.82) is 0 Å². The maximum Gasteiger partial charge on any atom is 0.253 e. The number of carbonyl (C=O) groups excluding carboxylic acids is 1. The average Bonchev–Trinajstić information content (AvgIpc) is 3.22. The maximum atomic E-state index is 12.2. The smallest absolute Gasteiger partial charge is 0.253 e. The van der Waals surface area contributed by atoms with E-state index in [-0.39, 0.29) is 11.5 Å². The summed E-state index contributed by atoms with van der Waals surface area (Å²) >= 11 is 0. The first-order chi connectivity index (χ1) is 16.9.